The summed E-state index contributed by atoms with van der Waals surface area (Å²) in [5.41, 5.74) is 3.72. The third kappa shape index (κ3) is 5.10. The number of aryl methyl sites for hydroxylation is 2. The molecule has 6 rings (SSSR count). The Kier molecular flexibility index (Phi) is 8.10. The molecule has 0 fully saturated rings. The molecule has 1 N–H and O–H groups in total. The molecule has 0 aliphatic carbocycles. The molecule has 7 nitrogen and oxygen atoms in total. The molecule has 248 valence electrons. The Morgan fingerprint density at radius 2 is 1.31 bits per heavy atom. The number of nitrogens with zero attached hydrogens (tertiary/aromatic N) is 2. The third-order valence-corrected chi connectivity index (χ3v) is 9.58. The number of hydrogen-bond acceptors (Lipinski definition) is 6. The normalized spacial score (nSPS) is 16.1. The zero-order valence-corrected chi connectivity index (χ0v) is 28.2. The number of allylic oxidation sites excluding steroid dienone is 1. The van der Waals surface area contributed by atoms with Crippen LogP contribution in [0.15, 0.2) is 89.6 Å². The van der Waals surface area contributed by atoms with Gasteiger partial charge >= 0.3 is 18.9 Å². The number of rotatable bonds is 7. The molecule has 0 unspecified atom stereocenters. The van der Waals surface area contributed by atoms with E-state index in [1.165, 1.54) is 6.92 Å². The fraction of sp³-hybridized carbons (Fsp3) is 0.263. The molecule has 3 aromatic carbocycles. The minimum Gasteiger partial charge on any atom is -0.508 e. The molecule has 0 spiro atoms. The van der Waals surface area contributed by atoms with Crippen LogP contribution in [0, 0.1) is 27.7 Å². The van der Waals surface area contributed by atoms with E-state index in [0.29, 0.717) is 33.4 Å². The number of halogens is 2. The van der Waals surface area contributed by atoms with Crippen molar-refractivity contribution in [1.82, 2.24) is 9.29 Å². The highest BCUT2D eigenvalue weighted by molar-refractivity contribution is 6.64. The molecule has 1 aromatic heterocycles. The van der Waals surface area contributed by atoms with E-state index in [-0.39, 0.29) is 47.2 Å². The number of fused-ring (bicyclic) bond motifs is 2. The summed E-state index contributed by atoms with van der Waals surface area (Å²) in [4.78, 5) is 28.5. The van der Waals surface area contributed by atoms with Gasteiger partial charge in [0.15, 0.2) is 0 Å². The number of hydrogen-bond donors (Lipinski definition) is 1. The van der Waals surface area contributed by atoms with E-state index in [1.54, 1.807) is 53.7 Å². The van der Waals surface area contributed by atoms with Gasteiger partial charge in [-0.25, -0.2) is 9.59 Å². The molecule has 4 aromatic rings. The summed E-state index contributed by atoms with van der Waals surface area (Å²) in [6, 6.07) is 21.5. The Hall–Kier alpha value is -5.12. The van der Waals surface area contributed by atoms with Crippen LogP contribution in [0.5, 0.6) is 5.75 Å². The molecule has 48 heavy (non-hydrogen) atoms. The molecule has 0 bridgehead atoms. The first-order valence-corrected chi connectivity index (χ1v) is 15.9. The predicted octanol–water partition coefficient (Wildman–Crippen LogP) is 7.93. The van der Waals surface area contributed by atoms with Crippen LogP contribution in [0.25, 0.3) is 5.57 Å². The van der Waals surface area contributed by atoms with Crippen molar-refractivity contribution < 1.29 is 32.8 Å². The third-order valence-electron chi connectivity index (χ3n) is 9.58. The molecule has 3 heterocycles. The van der Waals surface area contributed by atoms with Crippen molar-refractivity contribution in [3.8, 4) is 5.75 Å². The molecule has 0 amide bonds. The van der Waals surface area contributed by atoms with Crippen LogP contribution >= 0.6 is 0 Å². The molecule has 0 atom stereocenters. The number of aromatic nitrogens is 1. The highest BCUT2D eigenvalue weighted by atomic mass is 19.2. The SMILES string of the molecule is CC1=C(C(=O)OCc2ccccc2)C(C)(C)N2C1=C(c1c(C)cc(O)cc1C)c1c(C)c(C(=O)OCc3ccccc3)c(C)n1[B-]2(F)F. The number of ether oxygens (including phenoxy) is 2. The molecular weight excluding hydrogens is 613 g/mol. The highest BCUT2D eigenvalue weighted by Gasteiger charge is 2.57. The number of carbonyl (C=O) groups excluding carboxylic acids is 2. The average molecular weight is 652 g/mol. The van der Waals surface area contributed by atoms with Gasteiger partial charge in [0.05, 0.1) is 11.1 Å². The lowest BCUT2D eigenvalue weighted by atomic mass is 9.78. The van der Waals surface area contributed by atoms with Crippen molar-refractivity contribution in [2.75, 3.05) is 0 Å². The van der Waals surface area contributed by atoms with Gasteiger partial charge in [-0.2, -0.15) is 0 Å². The summed E-state index contributed by atoms with van der Waals surface area (Å²) in [5.74, 6) is -1.35. The molecule has 0 saturated heterocycles. The topological polar surface area (TPSA) is 81.0 Å². The van der Waals surface area contributed by atoms with Crippen molar-refractivity contribution in [3.63, 3.8) is 0 Å². The Balaban J connectivity index is 1.58. The minimum absolute atomic E-state index is 0.0111. The summed E-state index contributed by atoms with van der Waals surface area (Å²) >= 11 is 0. The van der Waals surface area contributed by atoms with Crippen LogP contribution < -0.4 is 0 Å². The van der Waals surface area contributed by atoms with Crippen molar-refractivity contribution in [2.24, 2.45) is 0 Å². The molecule has 10 heteroatoms. The van der Waals surface area contributed by atoms with E-state index in [4.69, 9.17) is 9.47 Å². The largest absolute Gasteiger partial charge is 0.529 e. The zero-order valence-electron chi connectivity index (χ0n) is 28.2. The summed E-state index contributed by atoms with van der Waals surface area (Å²) in [5, 5.41) is 10.4. The van der Waals surface area contributed by atoms with Gasteiger partial charge in [-0.15, -0.1) is 0 Å². The molecule has 2 aliphatic rings. The van der Waals surface area contributed by atoms with E-state index < -0.39 is 24.4 Å². The van der Waals surface area contributed by atoms with Crippen LogP contribution in [-0.2, 0) is 27.5 Å². The van der Waals surface area contributed by atoms with Crippen molar-refractivity contribution in [3.05, 3.63) is 140 Å². The first kappa shape index (κ1) is 32.8. The predicted molar refractivity (Wildman–Crippen MR) is 181 cm³/mol. The van der Waals surface area contributed by atoms with Crippen LogP contribution in [0.3, 0.4) is 0 Å². The maximum Gasteiger partial charge on any atom is 0.529 e. The second kappa shape index (κ2) is 11.8. The van der Waals surface area contributed by atoms with Gasteiger partial charge in [0.1, 0.15) is 19.0 Å². The minimum atomic E-state index is -4.62. The Labute approximate surface area is 279 Å². The Morgan fingerprint density at radius 1 is 0.812 bits per heavy atom. The first-order chi connectivity index (χ1) is 22.7. The summed E-state index contributed by atoms with van der Waals surface area (Å²) in [7, 11) is 0. The number of benzene rings is 3. The Bertz CT molecular complexity index is 2010. The Morgan fingerprint density at radius 3 is 1.83 bits per heavy atom. The van der Waals surface area contributed by atoms with Crippen molar-refractivity contribution in [2.45, 2.75) is 67.2 Å². The lowest BCUT2D eigenvalue weighted by Crippen LogP contribution is -2.62. The second-order valence-corrected chi connectivity index (χ2v) is 13.1. The summed E-state index contributed by atoms with van der Waals surface area (Å²) in [6.07, 6.45) is 0. The second-order valence-electron chi connectivity index (χ2n) is 13.1. The first-order valence-electron chi connectivity index (χ1n) is 15.9. The number of phenols is 1. The summed E-state index contributed by atoms with van der Waals surface area (Å²) < 4.78 is 47.1. The van der Waals surface area contributed by atoms with Gasteiger partial charge in [-0.3, -0.25) is 0 Å². The van der Waals surface area contributed by atoms with E-state index >= 15 is 8.63 Å². The van der Waals surface area contributed by atoms with E-state index in [0.717, 1.165) is 20.4 Å². The standard InChI is InChI=1S/C38H38BF2N2O5/c1-22-18-29(44)19-23(2)30(22)32-34-24(3)31(36(45)47-20-27-14-10-8-11-15-27)26(5)42(34)39(40,41)43-35(32)25(4)33(38(43,6)7)37(46)48-21-28-16-12-9-13-17-28/h8-19,44H,20-21H2,1-7H3/q-1. The molecular formula is C38H38BF2N2O5-. The van der Waals surface area contributed by atoms with Gasteiger partial charge in [0, 0.05) is 22.5 Å². The van der Waals surface area contributed by atoms with E-state index in [9.17, 15) is 14.7 Å². The maximum atomic E-state index is 17.4. The van der Waals surface area contributed by atoms with Gasteiger partial charge in [0.2, 0.25) is 0 Å². The zero-order chi connectivity index (χ0) is 34.7. The van der Waals surface area contributed by atoms with Gasteiger partial charge < -0.3 is 32.5 Å². The molecule has 2 aliphatic heterocycles. The van der Waals surface area contributed by atoms with Gasteiger partial charge in [-0.05, 0) is 105 Å². The quantitative estimate of drug-likeness (QED) is 0.162. The van der Waals surface area contributed by atoms with Crippen LogP contribution in [0.4, 0.5) is 8.63 Å². The average Bonchev–Trinajstić information content (AvgIpc) is 3.42. The van der Waals surface area contributed by atoms with Crippen LogP contribution in [0.2, 0.25) is 0 Å². The number of esters is 2. The van der Waals surface area contributed by atoms with Crippen molar-refractivity contribution in [1.29, 1.82) is 0 Å². The molecule has 0 saturated carbocycles. The lowest BCUT2D eigenvalue weighted by molar-refractivity contribution is -0.141. The van der Waals surface area contributed by atoms with Gasteiger partial charge in [-0.1, -0.05) is 60.7 Å². The highest BCUT2D eigenvalue weighted by Crippen LogP contribution is 2.55. The number of phenolic OH excluding ortho intramolecular Hbond substituents is 1. The number of aromatic hydroxyl groups is 1. The van der Waals surface area contributed by atoms with E-state index in [2.05, 4.69) is 0 Å². The molecule has 0 radical (unpaired) electrons. The monoisotopic (exact) mass is 651 g/mol. The fourth-order valence-corrected chi connectivity index (χ4v) is 7.66. The lowest BCUT2D eigenvalue weighted by Gasteiger charge is -2.53. The van der Waals surface area contributed by atoms with E-state index in [1.807, 2.05) is 60.7 Å². The van der Waals surface area contributed by atoms with Crippen LogP contribution in [0.1, 0.15) is 75.9 Å². The maximum absolute atomic E-state index is 17.4. The number of carbonyl (C=O) groups is 2. The summed E-state index contributed by atoms with van der Waals surface area (Å²) in [6.45, 7) is 6.98. The fourth-order valence-electron chi connectivity index (χ4n) is 7.66. The smallest absolute Gasteiger partial charge is 0.508 e. The van der Waals surface area contributed by atoms with Gasteiger partial charge in [0.25, 0.3) is 0 Å². The van der Waals surface area contributed by atoms with Crippen LogP contribution in [-0.4, -0.2) is 38.8 Å². The van der Waals surface area contributed by atoms with Crippen molar-refractivity contribution >= 4 is 24.5 Å².